The number of hydrogen-bond donors (Lipinski definition) is 1. The Morgan fingerprint density at radius 3 is 2.57 bits per heavy atom. The summed E-state index contributed by atoms with van der Waals surface area (Å²) in [5.74, 6) is -0.743. The fraction of sp³-hybridized carbons (Fsp3) is 0.167. The lowest BCUT2D eigenvalue weighted by molar-refractivity contribution is -0.118. The number of nitrogens with zero attached hydrogens (tertiary/aromatic N) is 2. The van der Waals surface area contributed by atoms with E-state index in [0.29, 0.717) is 11.5 Å². The fourth-order valence-electron chi connectivity index (χ4n) is 3.26. The van der Waals surface area contributed by atoms with Crippen LogP contribution in [0.25, 0.3) is 16.5 Å². The van der Waals surface area contributed by atoms with Gasteiger partial charge in [-0.15, -0.1) is 11.3 Å². The molecular formula is C24H20FN3O6S. The smallest absolute Gasteiger partial charge is 0.359 e. The van der Waals surface area contributed by atoms with Crippen molar-refractivity contribution in [3.8, 4) is 17.2 Å². The minimum atomic E-state index is -0.749. The van der Waals surface area contributed by atoms with E-state index in [2.05, 4.69) is 10.4 Å². The molecule has 4 aromatic rings. The number of amides is 1. The molecule has 0 fully saturated rings. The van der Waals surface area contributed by atoms with E-state index < -0.39 is 23.3 Å². The Hall–Kier alpha value is -4.25. The normalized spacial score (nSPS) is 10.7. The van der Waals surface area contributed by atoms with Crippen LogP contribution in [0.4, 0.5) is 9.39 Å². The van der Waals surface area contributed by atoms with Crippen LogP contribution in [-0.4, -0.2) is 42.0 Å². The lowest BCUT2D eigenvalue weighted by atomic mass is 10.2. The van der Waals surface area contributed by atoms with E-state index in [1.807, 2.05) is 0 Å². The molecule has 4 rings (SSSR count). The standard InChI is InChI=1S/C24H20FN3O6S/c1-3-33-24(31)21-18-13-35-22(26-19(29)12-34-17-9-7-16(32-2)8-10-17)20(18)23(30)28(27-21)15-6-4-5-14(25)11-15/h4-11,13H,3,12H2,1-2H3,(H,26,29). The fourth-order valence-corrected chi connectivity index (χ4v) is 4.21. The van der Waals surface area contributed by atoms with Crippen LogP contribution < -0.4 is 20.3 Å². The van der Waals surface area contributed by atoms with Gasteiger partial charge in [0.05, 0.1) is 24.8 Å². The van der Waals surface area contributed by atoms with Crippen LogP contribution in [0.15, 0.2) is 58.7 Å². The zero-order valence-corrected chi connectivity index (χ0v) is 19.6. The minimum Gasteiger partial charge on any atom is -0.497 e. The summed E-state index contributed by atoms with van der Waals surface area (Å²) in [4.78, 5) is 38.4. The molecule has 9 nitrogen and oxygen atoms in total. The van der Waals surface area contributed by atoms with Crippen LogP contribution >= 0.6 is 11.3 Å². The maximum absolute atomic E-state index is 13.8. The molecule has 35 heavy (non-hydrogen) atoms. The Kier molecular flexibility index (Phi) is 7.06. The van der Waals surface area contributed by atoms with E-state index in [9.17, 15) is 18.8 Å². The molecule has 2 heterocycles. The molecule has 1 N–H and O–H groups in total. The van der Waals surface area contributed by atoms with E-state index in [-0.39, 0.29) is 40.4 Å². The number of carbonyl (C=O) groups excluding carboxylic acids is 2. The molecule has 1 amide bonds. The van der Waals surface area contributed by atoms with Crippen LogP contribution in [0, 0.1) is 5.82 Å². The predicted octanol–water partition coefficient (Wildman–Crippen LogP) is 3.79. The van der Waals surface area contributed by atoms with E-state index in [1.54, 1.807) is 38.3 Å². The Morgan fingerprint density at radius 1 is 1.14 bits per heavy atom. The van der Waals surface area contributed by atoms with Crippen molar-refractivity contribution in [2.24, 2.45) is 0 Å². The van der Waals surface area contributed by atoms with E-state index in [1.165, 1.54) is 23.6 Å². The summed E-state index contributed by atoms with van der Waals surface area (Å²) >= 11 is 1.05. The molecule has 0 atom stereocenters. The Bertz CT molecular complexity index is 1450. The number of aromatic nitrogens is 2. The van der Waals surface area contributed by atoms with E-state index >= 15 is 0 Å². The monoisotopic (exact) mass is 497 g/mol. The molecule has 0 saturated carbocycles. The van der Waals surface area contributed by atoms with E-state index in [0.717, 1.165) is 22.1 Å². The van der Waals surface area contributed by atoms with E-state index in [4.69, 9.17) is 14.2 Å². The highest BCUT2D eigenvalue weighted by atomic mass is 32.1. The predicted molar refractivity (Wildman–Crippen MR) is 128 cm³/mol. The van der Waals surface area contributed by atoms with Crippen molar-refractivity contribution in [1.82, 2.24) is 9.78 Å². The van der Waals surface area contributed by atoms with Gasteiger partial charge in [-0.2, -0.15) is 9.78 Å². The first-order valence-electron chi connectivity index (χ1n) is 10.5. The van der Waals surface area contributed by atoms with Gasteiger partial charge in [0.2, 0.25) is 0 Å². The second-order valence-electron chi connectivity index (χ2n) is 7.13. The first kappa shape index (κ1) is 23.9. The summed E-state index contributed by atoms with van der Waals surface area (Å²) in [5.41, 5.74) is -0.642. The Morgan fingerprint density at radius 2 is 1.89 bits per heavy atom. The van der Waals surface area contributed by atoms with Gasteiger partial charge in [-0.1, -0.05) is 6.07 Å². The van der Waals surface area contributed by atoms with Crippen molar-refractivity contribution < 1.29 is 28.2 Å². The number of esters is 1. The van der Waals surface area contributed by atoms with Gasteiger partial charge in [0.1, 0.15) is 22.3 Å². The largest absolute Gasteiger partial charge is 0.497 e. The highest BCUT2D eigenvalue weighted by Crippen LogP contribution is 2.30. The maximum atomic E-state index is 13.8. The molecule has 0 aliphatic heterocycles. The summed E-state index contributed by atoms with van der Waals surface area (Å²) < 4.78 is 30.4. The van der Waals surface area contributed by atoms with Crippen LogP contribution in [0.5, 0.6) is 11.5 Å². The third kappa shape index (κ3) is 5.14. The number of carbonyl (C=O) groups is 2. The highest BCUT2D eigenvalue weighted by Gasteiger charge is 2.23. The van der Waals surface area contributed by atoms with Crippen LogP contribution in [0.1, 0.15) is 17.4 Å². The van der Waals surface area contributed by atoms with Gasteiger partial charge in [-0.25, -0.2) is 9.18 Å². The second kappa shape index (κ2) is 10.3. The topological polar surface area (TPSA) is 109 Å². The second-order valence-corrected chi connectivity index (χ2v) is 8.01. The molecule has 0 saturated heterocycles. The molecule has 0 radical (unpaired) electrons. The zero-order valence-electron chi connectivity index (χ0n) is 18.7. The molecule has 0 aliphatic carbocycles. The molecule has 0 spiro atoms. The molecule has 180 valence electrons. The van der Waals surface area contributed by atoms with Crippen molar-refractivity contribution in [3.05, 3.63) is 75.8 Å². The van der Waals surface area contributed by atoms with Gasteiger partial charge in [0.25, 0.3) is 11.5 Å². The number of benzene rings is 2. The van der Waals surface area contributed by atoms with Gasteiger partial charge in [0.15, 0.2) is 12.3 Å². The van der Waals surface area contributed by atoms with Crippen LogP contribution in [0.2, 0.25) is 0 Å². The number of nitrogens with one attached hydrogen (secondary N) is 1. The Labute approximate surface area is 202 Å². The molecular weight excluding hydrogens is 477 g/mol. The van der Waals surface area contributed by atoms with Crippen LogP contribution in [0.3, 0.4) is 0 Å². The summed E-state index contributed by atoms with van der Waals surface area (Å²) in [5, 5.41) is 8.79. The van der Waals surface area contributed by atoms with Crippen LogP contribution in [-0.2, 0) is 9.53 Å². The van der Waals surface area contributed by atoms with Gasteiger partial charge in [-0.05, 0) is 49.4 Å². The van der Waals surface area contributed by atoms with Crippen molar-refractivity contribution in [1.29, 1.82) is 0 Å². The maximum Gasteiger partial charge on any atom is 0.359 e. The summed E-state index contributed by atoms with van der Waals surface area (Å²) in [6.45, 7) is 1.41. The Balaban J connectivity index is 1.68. The molecule has 2 aromatic heterocycles. The van der Waals surface area contributed by atoms with Gasteiger partial charge >= 0.3 is 5.97 Å². The average molecular weight is 498 g/mol. The number of methoxy groups -OCH3 is 1. The lowest BCUT2D eigenvalue weighted by Crippen LogP contribution is -2.26. The zero-order chi connectivity index (χ0) is 24.9. The summed E-state index contributed by atoms with van der Waals surface area (Å²) in [7, 11) is 1.54. The quantitative estimate of drug-likeness (QED) is 0.369. The number of anilines is 1. The average Bonchev–Trinajstić information content (AvgIpc) is 3.27. The number of rotatable bonds is 8. The summed E-state index contributed by atoms with van der Waals surface area (Å²) in [6, 6.07) is 11.9. The highest BCUT2D eigenvalue weighted by molar-refractivity contribution is 7.16. The molecule has 0 aliphatic rings. The number of thiophene rings is 1. The van der Waals surface area contributed by atoms with Crippen molar-refractivity contribution in [3.63, 3.8) is 0 Å². The number of hydrogen-bond acceptors (Lipinski definition) is 8. The van der Waals surface area contributed by atoms with Gasteiger partial charge in [0, 0.05) is 10.8 Å². The van der Waals surface area contributed by atoms with Gasteiger partial charge < -0.3 is 19.5 Å². The number of ether oxygens (including phenoxy) is 3. The first-order chi connectivity index (χ1) is 16.9. The third-order valence-corrected chi connectivity index (χ3v) is 5.75. The summed E-state index contributed by atoms with van der Waals surface area (Å²) in [6.07, 6.45) is 0. The number of halogens is 1. The SMILES string of the molecule is CCOC(=O)c1nn(-c2cccc(F)c2)c(=O)c2c(NC(=O)COc3ccc(OC)cc3)scc12. The minimum absolute atomic E-state index is 0.0510. The first-order valence-corrected chi connectivity index (χ1v) is 11.3. The van der Waals surface area contributed by atoms with Gasteiger partial charge in [-0.3, -0.25) is 9.59 Å². The van der Waals surface area contributed by atoms with Crippen molar-refractivity contribution >= 4 is 39.0 Å². The molecule has 0 unspecified atom stereocenters. The lowest BCUT2D eigenvalue weighted by Gasteiger charge is -2.10. The molecule has 2 aromatic carbocycles. The third-order valence-electron chi connectivity index (χ3n) is 4.86. The number of fused-ring (bicyclic) bond motifs is 1. The molecule has 0 bridgehead atoms. The molecule has 11 heteroatoms. The van der Waals surface area contributed by atoms with Crippen molar-refractivity contribution in [2.45, 2.75) is 6.92 Å². The van der Waals surface area contributed by atoms with Crippen molar-refractivity contribution in [2.75, 3.05) is 25.6 Å².